The number of nitrogens with zero attached hydrogens (tertiary/aromatic N) is 1. The van der Waals surface area contributed by atoms with Crippen LogP contribution >= 0.6 is 0 Å². The van der Waals surface area contributed by atoms with Gasteiger partial charge in [-0.1, -0.05) is 0 Å². The second-order valence-corrected chi connectivity index (χ2v) is 5.67. The van der Waals surface area contributed by atoms with Gasteiger partial charge in [-0.25, -0.2) is 0 Å². The first-order valence-electron chi connectivity index (χ1n) is 8.03. The third-order valence-electron chi connectivity index (χ3n) is 3.83. The predicted molar refractivity (Wildman–Crippen MR) is 94.0 cm³/mol. The number of aliphatic hydroxyl groups excluding tert-OH is 1. The summed E-state index contributed by atoms with van der Waals surface area (Å²) in [6.45, 7) is 1.74. The van der Waals surface area contributed by atoms with Crippen LogP contribution < -0.4 is 19.9 Å². The predicted octanol–water partition coefficient (Wildman–Crippen LogP) is 1.63. The lowest BCUT2D eigenvalue weighted by molar-refractivity contribution is 0.106. The molecule has 7 heteroatoms. The summed E-state index contributed by atoms with van der Waals surface area (Å²) >= 11 is 0. The van der Waals surface area contributed by atoms with Crippen LogP contribution in [-0.4, -0.2) is 50.5 Å². The number of ether oxygens (including phenoxy) is 3. The van der Waals surface area contributed by atoms with E-state index in [4.69, 9.17) is 24.4 Å². The Kier molecular flexibility index (Phi) is 7.12. The Labute approximate surface area is 147 Å². The van der Waals surface area contributed by atoms with E-state index < -0.39 is 6.10 Å². The fourth-order valence-electron chi connectivity index (χ4n) is 2.67. The number of furan rings is 1. The van der Waals surface area contributed by atoms with Crippen molar-refractivity contribution in [1.29, 1.82) is 0 Å². The van der Waals surface area contributed by atoms with Gasteiger partial charge in [0.05, 0.1) is 40.2 Å². The van der Waals surface area contributed by atoms with Crippen LogP contribution in [0.15, 0.2) is 34.9 Å². The minimum Gasteiger partial charge on any atom is -0.493 e. The van der Waals surface area contributed by atoms with Crippen molar-refractivity contribution in [2.45, 2.75) is 19.2 Å². The summed E-state index contributed by atoms with van der Waals surface area (Å²) in [6, 6.07) is 7.53. The lowest BCUT2D eigenvalue weighted by Gasteiger charge is -2.24. The molecule has 2 rings (SSSR count). The Morgan fingerprint density at radius 2 is 1.80 bits per heavy atom. The molecule has 0 radical (unpaired) electrons. The van der Waals surface area contributed by atoms with Crippen molar-refractivity contribution in [2.24, 2.45) is 5.73 Å². The highest BCUT2D eigenvalue weighted by molar-refractivity contribution is 5.53. The van der Waals surface area contributed by atoms with Gasteiger partial charge in [-0.3, -0.25) is 4.90 Å². The molecule has 25 heavy (non-hydrogen) atoms. The molecule has 0 saturated carbocycles. The Hall–Kier alpha value is -2.22. The Morgan fingerprint density at radius 1 is 1.12 bits per heavy atom. The zero-order valence-electron chi connectivity index (χ0n) is 14.9. The highest BCUT2D eigenvalue weighted by atomic mass is 16.5. The maximum atomic E-state index is 9.95. The molecule has 0 aliphatic rings. The van der Waals surface area contributed by atoms with Crippen LogP contribution in [-0.2, 0) is 13.1 Å². The van der Waals surface area contributed by atoms with Crippen LogP contribution in [0.4, 0.5) is 0 Å². The van der Waals surface area contributed by atoms with E-state index in [2.05, 4.69) is 4.90 Å². The molecule has 0 aliphatic heterocycles. The van der Waals surface area contributed by atoms with E-state index in [9.17, 15) is 5.11 Å². The number of hydrogen-bond acceptors (Lipinski definition) is 7. The van der Waals surface area contributed by atoms with Gasteiger partial charge in [-0.2, -0.15) is 0 Å². The summed E-state index contributed by atoms with van der Waals surface area (Å²) in [5.74, 6) is 2.55. The molecule has 138 valence electrons. The average Bonchev–Trinajstić information content (AvgIpc) is 3.13. The molecule has 1 unspecified atom stereocenters. The molecule has 1 atom stereocenters. The van der Waals surface area contributed by atoms with Gasteiger partial charge < -0.3 is 29.5 Å². The maximum absolute atomic E-state index is 9.95. The van der Waals surface area contributed by atoms with Crippen LogP contribution in [0.25, 0.3) is 0 Å². The topological polar surface area (TPSA) is 90.3 Å². The van der Waals surface area contributed by atoms with Gasteiger partial charge in [0.25, 0.3) is 0 Å². The molecule has 0 amide bonds. The number of rotatable bonds is 10. The van der Waals surface area contributed by atoms with Crippen molar-refractivity contribution in [2.75, 3.05) is 34.4 Å². The summed E-state index contributed by atoms with van der Waals surface area (Å²) in [7, 11) is 4.74. The smallest absolute Gasteiger partial charge is 0.203 e. The van der Waals surface area contributed by atoms with Crippen LogP contribution in [0.1, 0.15) is 11.3 Å². The number of benzene rings is 1. The van der Waals surface area contributed by atoms with Gasteiger partial charge in [0.15, 0.2) is 11.5 Å². The number of methoxy groups -OCH3 is 3. The first-order chi connectivity index (χ1) is 12.1. The van der Waals surface area contributed by atoms with Gasteiger partial charge >= 0.3 is 0 Å². The molecule has 0 aliphatic carbocycles. The molecule has 2 aromatic rings. The van der Waals surface area contributed by atoms with Crippen molar-refractivity contribution in [3.63, 3.8) is 0 Å². The summed E-state index contributed by atoms with van der Waals surface area (Å²) in [6.07, 6.45) is 1.02. The molecule has 1 heterocycles. The summed E-state index contributed by atoms with van der Waals surface area (Å²) < 4.78 is 21.6. The quantitative estimate of drug-likeness (QED) is 0.673. The SMILES string of the molecule is COc1cc(CN(Cc2ccco2)CC(O)CN)cc(OC)c1OC. The second kappa shape index (κ2) is 9.31. The average molecular weight is 350 g/mol. The monoisotopic (exact) mass is 350 g/mol. The van der Waals surface area contributed by atoms with Gasteiger partial charge in [0, 0.05) is 19.6 Å². The van der Waals surface area contributed by atoms with E-state index in [1.54, 1.807) is 27.6 Å². The molecule has 1 aromatic heterocycles. The first-order valence-corrected chi connectivity index (χ1v) is 8.03. The van der Waals surface area contributed by atoms with Crippen LogP contribution in [0.3, 0.4) is 0 Å². The molecule has 0 bridgehead atoms. The van der Waals surface area contributed by atoms with Gasteiger partial charge in [0.1, 0.15) is 5.76 Å². The molecule has 3 N–H and O–H groups in total. The van der Waals surface area contributed by atoms with E-state index in [0.29, 0.717) is 36.9 Å². The minimum absolute atomic E-state index is 0.198. The standard InChI is InChI=1S/C18H26N2O5/c1-22-16-7-13(8-17(23-2)18(16)24-3)10-20(11-14(21)9-19)12-15-5-4-6-25-15/h4-8,14,21H,9-12,19H2,1-3H3. The molecular weight excluding hydrogens is 324 g/mol. The van der Waals surface area contributed by atoms with Crippen molar-refractivity contribution in [3.05, 3.63) is 41.9 Å². The first kappa shape index (κ1) is 19.1. The van der Waals surface area contributed by atoms with Crippen molar-refractivity contribution >= 4 is 0 Å². The van der Waals surface area contributed by atoms with E-state index in [-0.39, 0.29) is 6.54 Å². The van der Waals surface area contributed by atoms with Gasteiger partial charge in [-0.05, 0) is 29.8 Å². The van der Waals surface area contributed by atoms with Crippen molar-refractivity contribution in [3.8, 4) is 17.2 Å². The Bertz CT molecular complexity index is 620. The highest BCUT2D eigenvalue weighted by Gasteiger charge is 2.17. The molecule has 1 aromatic carbocycles. The summed E-state index contributed by atoms with van der Waals surface area (Å²) in [5.41, 5.74) is 6.52. The Morgan fingerprint density at radius 3 is 2.28 bits per heavy atom. The lowest BCUT2D eigenvalue weighted by Crippen LogP contribution is -2.35. The normalized spacial score (nSPS) is 12.2. The fraction of sp³-hybridized carbons (Fsp3) is 0.444. The number of aliphatic hydroxyl groups is 1. The molecular formula is C18H26N2O5. The lowest BCUT2D eigenvalue weighted by atomic mass is 10.1. The van der Waals surface area contributed by atoms with Crippen LogP contribution in [0.5, 0.6) is 17.2 Å². The highest BCUT2D eigenvalue weighted by Crippen LogP contribution is 2.38. The van der Waals surface area contributed by atoms with E-state index in [0.717, 1.165) is 11.3 Å². The van der Waals surface area contributed by atoms with Crippen molar-refractivity contribution < 1.29 is 23.7 Å². The third-order valence-corrected chi connectivity index (χ3v) is 3.83. The van der Waals surface area contributed by atoms with Gasteiger partial charge in [-0.15, -0.1) is 0 Å². The Balaban J connectivity index is 2.24. The second-order valence-electron chi connectivity index (χ2n) is 5.67. The van der Waals surface area contributed by atoms with Crippen molar-refractivity contribution in [1.82, 2.24) is 4.90 Å². The minimum atomic E-state index is -0.614. The van der Waals surface area contributed by atoms with E-state index in [1.165, 1.54) is 0 Å². The summed E-state index contributed by atoms with van der Waals surface area (Å²) in [5, 5.41) is 9.95. The van der Waals surface area contributed by atoms with Gasteiger partial charge in [0.2, 0.25) is 5.75 Å². The third kappa shape index (κ3) is 5.12. The van der Waals surface area contributed by atoms with E-state index >= 15 is 0 Å². The zero-order valence-corrected chi connectivity index (χ0v) is 14.9. The maximum Gasteiger partial charge on any atom is 0.203 e. The number of hydrogen-bond donors (Lipinski definition) is 2. The number of nitrogens with two attached hydrogens (primary N) is 1. The van der Waals surface area contributed by atoms with E-state index in [1.807, 2.05) is 24.3 Å². The molecule has 0 fully saturated rings. The molecule has 7 nitrogen and oxygen atoms in total. The largest absolute Gasteiger partial charge is 0.493 e. The summed E-state index contributed by atoms with van der Waals surface area (Å²) in [4.78, 5) is 2.05. The fourth-order valence-corrected chi connectivity index (χ4v) is 2.67. The molecule has 0 spiro atoms. The zero-order chi connectivity index (χ0) is 18.2. The van der Waals surface area contributed by atoms with Crippen LogP contribution in [0, 0.1) is 0 Å². The molecule has 0 saturated heterocycles. The van der Waals surface area contributed by atoms with Crippen LogP contribution in [0.2, 0.25) is 0 Å².